The van der Waals surface area contributed by atoms with Gasteiger partial charge in [0, 0.05) is 12.3 Å². The molecule has 0 atom stereocenters. The minimum absolute atomic E-state index is 0.119. The zero-order chi connectivity index (χ0) is 17.2. The molecule has 2 heterocycles. The van der Waals surface area contributed by atoms with Gasteiger partial charge in [0.1, 0.15) is 11.6 Å². The largest absolute Gasteiger partial charge is 0.443 e. The number of thiazole rings is 1. The fourth-order valence-corrected chi connectivity index (χ4v) is 2.31. The SMILES string of the molecule is O=C(Nc1cc(F)c(=O)n(CCF)c1)c1cnc(C(F)(F)F)s1. The summed E-state index contributed by atoms with van der Waals surface area (Å²) in [6.07, 6.45) is -2.95. The number of anilines is 1. The zero-order valence-corrected chi connectivity index (χ0v) is 12.0. The molecule has 0 aromatic carbocycles. The predicted molar refractivity (Wildman–Crippen MR) is 71.7 cm³/mol. The van der Waals surface area contributed by atoms with Gasteiger partial charge < -0.3 is 9.88 Å². The molecule has 0 aliphatic heterocycles. The molecule has 0 saturated heterocycles. The maximum Gasteiger partial charge on any atom is 0.443 e. The maximum atomic E-state index is 13.4. The van der Waals surface area contributed by atoms with Crippen LogP contribution in [0.5, 0.6) is 0 Å². The van der Waals surface area contributed by atoms with Crippen molar-refractivity contribution in [2.75, 3.05) is 12.0 Å². The number of nitrogens with one attached hydrogen (secondary N) is 1. The molecule has 0 unspecified atom stereocenters. The van der Waals surface area contributed by atoms with Crippen LogP contribution in [-0.2, 0) is 12.7 Å². The van der Waals surface area contributed by atoms with Crippen molar-refractivity contribution in [1.29, 1.82) is 0 Å². The van der Waals surface area contributed by atoms with Gasteiger partial charge in [0.25, 0.3) is 11.5 Å². The number of aromatic nitrogens is 2. The number of aryl methyl sites for hydroxylation is 1. The van der Waals surface area contributed by atoms with E-state index in [1.54, 1.807) is 0 Å². The first-order chi connectivity index (χ1) is 10.7. The van der Waals surface area contributed by atoms with Crippen molar-refractivity contribution >= 4 is 22.9 Å². The number of carbonyl (C=O) groups is 1. The van der Waals surface area contributed by atoms with Gasteiger partial charge in [0.15, 0.2) is 10.8 Å². The first kappa shape index (κ1) is 17.1. The summed E-state index contributed by atoms with van der Waals surface area (Å²) in [6, 6.07) is 0.695. The number of nitrogens with zero attached hydrogens (tertiary/aromatic N) is 2. The Bertz CT molecular complexity index is 784. The number of pyridine rings is 1. The minimum Gasteiger partial charge on any atom is -0.320 e. The first-order valence-electron chi connectivity index (χ1n) is 6.02. The van der Waals surface area contributed by atoms with E-state index in [4.69, 9.17) is 0 Å². The van der Waals surface area contributed by atoms with Crippen molar-refractivity contribution in [3.05, 3.63) is 44.5 Å². The van der Waals surface area contributed by atoms with Crippen molar-refractivity contribution in [2.45, 2.75) is 12.7 Å². The molecule has 0 fully saturated rings. The van der Waals surface area contributed by atoms with E-state index in [0.717, 1.165) is 12.4 Å². The van der Waals surface area contributed by atoms with E-state index < -0.39 is 41.7 Å². The molecule has 0 aliphatic rings. The van der Waals surface area contributed by atoms with Crippen LogP contribution < -0.4 is 10.9 Å². The van der Waals surface area contributed by atoms with Gasteiger partial charge in [-0.3, -0.25) is 9.59 Å². The van der Waals surface area contributed by atoms with Crippen LogP contribution in [0.15, 0.2) is 23.3 Å². The standard InChI is InChI=1S/C12H8F5N3O2S/c13-1-2-20-5-6(3-7(14)10(20)22)19-9(21)8-4-18-11(23-8)12(15,16)17/h3-5H,1-2H2,(H,19,21). The number of hydrogen-bond acceptors (Lipinski definition) is 4. The van der Waals surface area contributed by atoms with E-state index in [1.165, 1.54) is 0 Å². The van der Waals surface area contributed by atoms with Crippen molar-refractivity contribution in [2.24, 2.45) is 0 Å². The van der Waals surface area contributed by atoms with Gasteiger partial charge in [-0.1, -0.05) is 0 Å². The lowest BCUT2D eigenvalue weighted by Crippen LogP contribution is -2.24. The molecule has 0 radical (unpaired) electrons. The zero-order valence-electron chi connectivity index (χ0n) is 11.2. The van der Waals surface area contributed by atoms with E-state index in [2.05, 4.69) is 10.3 Å². The highest BCUT2D eigenvalue weighted by Crippen LogP contribution is 2.32. The lowest BCUT2D eigenvalue weighted by Gasteiger charge is -2.08. The van der Waals surface area contributed by atoms with E-state index in [-0.39, 0.29) is 21.9 Å². The first-order valence-corrected chi connectivity index (χ1v) is 6.84. The summed E-state index contributed by atoms with van der Waals surface area (Å²) >= 11 is 0.119. The van der Waals surface area contributed by atoms with Gasteiger partial charge >= 0.3 is 6.18 Å². The lowest BCUT2D eigenvalue weighted by molar-refractivity contribution is -0.137. The number of hydrogen-bond donors (Lipinski definition) is 1. The smallest absolute Gasteiger partial charge is 0.320 e. The average Bonchev–Trinajstić information content (AvgIpc) is 2.94. The predicted octanol–water partition coefficient (Wildman–Crippen LogP) is 2.68. The molecule has 11 heteroatoms. The Hall–Kier alpha value is -2.30. The van der Waals surface area contributed by atoms with Gasteiger partial charge in [-0.25, -0.2) is 13.8 Å². The molecule has 124 valence electrons. The highest BCUT2D eigenvalue weighted by atomic mass is 32.1. The molecule has 0 saturated carbocycles. The third kappa shape index (κ3) is 3.92. The summed E-state index contributed by atoms with van der Waals surface area (Å²) in [4.78, 5) is 25.9. The molecule has 2 rings (SSSR count). The van der Waals surface area contributed by atoms with Crippen LogP contribution in [0.4, 0.5) is 27.6 Å². The van der Waals surface area contributed by atoms with Crippen LogP contribution >= 0.6 is 11.3 Å². The highest BCUT2D eigenvalue weighted by Gasteiger charge is 2.35. The van der Waals surface area contributed by atoms with Crippen LogP contribution in [0.2, 0.25) is 0 Å². The average molecular weight is 353 g/mol. The fraction of sp³-hybridized carbons (Fsp3) is 0.250. The Morgan fingerprint density at radius 2 is 2.09 bits per heavy atom. The summed E-state index contributed by atoms with van der Waals surface area (Å²) in [5.74, 6) is -2.18. The molecule has 0 aliphatic carbocycles. The second-order valence-corrected chi connectivity index (χ2v) is 5.28. The molecule has 1 amide bonds. The normalized spacial score (nSPS) is 11.5. The summed E-state index contributed by atoms with van der Waals surface area (Å²) in [5, 5.41) is 0.934. The quantitative estimate of drug-likeness (QED) is 0.860. The number of alkyl halides is 4. The summed E-state index contributed by atoms with van der Waals surface area (Å²) in [7, 11) is 0. The van der Waals surface area contributed by atoms with Crippen LogP contribution in [0.1, 0.15) is 14.7 Å². The molecular weight excluding hydrogens is 345 g/mol. The van der Waals surface area contributed by atoms with Crippen LogP contribution in [-0.4, -0.2) is 22.1 Å². The Morgan fingerprint density at radius 1 is 1.39 bits per heavy atom. The van der Waals surface area contributed by atoms with E-state index in [9.17, 15) is 31.5 Å². The van der Waals surface area contributed by atoms with Crippen molar-refractivity contribution in [3.63, 3.8) is 0 Å². The van der Waals surface area contributed by atoms with Gasteiger partial charge in [0.05, 0.1) is 18.4 Å². The molecule has 2 aromatic rings. The molecule has 5 nitrogen and oxygen atoms in total. The van der Waals surface area contributed by atoms with Crippen molar-refractivity contribution in [3.8, 4) is 0 Å². The van der Waals surface area contributed by atoms with Gasteiger partial charge in [0.2, 0.25) is 0 Å². The maximum absolute atomic E-state index is 13.4. The highest BCUT2D eigenvalue weighted by molar-refractivity contribution is 7.13. The summed E-state index contributed by atoms with van der Waals surface area (Å²) in [6.45, 7) is -1.35. The second-order valence-electron chi connectivity index (χ2n) is 4.25. The Morgan fingerprint density at radius 3 is 2.65 bits per heavy atom. The molecule has 2 aromatic heterocycles. The van der Waals surface area contributed by atoms with Crippen LogP contribution in [0.3, 0.4) is 0 Å². The molecule has 23 heavy (non-hydrogen) atoms. The van der Waals surface area contributed by atoms with Gasteiger partial charge in [-0.2, -0.15) is 13.2 Å². The molecular formula is C12H8F5N3O2S. The molecule has 0 spiro atoms. The van der Waals surface area contributed by atoms with Crippen LogP contribution in [0, 0.1) is 5.82 Å². The number of rotatable bonds is 4. The fourth-order valence-electron chi connectivity index (χ4n) is 1.63. The van der Waals surface area contributed by atoms with Crippen molar-refractivity contribution in [1.82, 2.24) is 9.55 Å². The topological polar surface area (TPSA) is 64.0 Å². The Kier molecular flexibility index (Phi) is 4.78. The number of halogens is 5. The molecule has 1 N–H and O–H groups in total. The third-order valence-corrected chi connectivity index (χ3v) is 3.64. The van der Waals surface area contributed by atoms with Crippen LogP contribution in [0.25, 0.3) is 0 Å². The van der Waals surface area contributed by atoms with E-state index in [0.29, 0.717) is 10.6 Å². The second kappa shape index (κ2) is 6.44. The van der Waals surface area contributed by atoms with E-state index >= 15 is 0 Å². The third-order valence-electron chi connectivity index (χ3n) is 2.60. The lowest BCUT2D eigenvalue weighted by atomic mass is 10.3. The van der Waals surface area contributed by atoms with Crippen molar-refractivity contribution < 1.29 is 26.7 Å². The summed E-state index contributed by atoms with van der Waals surface area (Å²) in [5.41, 5.74) is -1.26. The Balaban J connectivity index is 2.23. The number of amides is 1. The van der Waals surface area contributed by atoms with Gasteiger partial charge in [-0.05, 0) is 0 Å². The number of carbonyl (C=O) groups excluding carboxylic acids is 1. The monoisotopic (exact) mass is 353 g/mol. The minimum atomic E-state index is -4.68. The Labute approximate surface area is 129 Å². The van der Waals surface area contributed by atoms with E-state index in [1.807, 2.05) is 0 Å². The molecule has 0 bridgehead atoms. The van der Waals surface area contributed by atoms with Gasteiger partial charge in [-0.15, -0.1) is 11.3 Å². The summed E-state index contributed by atoms with van der Waals surface area (Å²) < 4.78 is 63.7.